The van der Waals surface area contributed by atoms with Crippen LogP contribution in [0.4, 0.5) is 5.82 Å². The Morgan fingerprint density at radius 3 is 2.77 bits per heavy atom. The van der Waals surface area contributed by atoms with Gasteiger partial charge < -0.3 is 20.5 Å². The smallest absolute Gasteiger partial charge is 0.166 e. The van der Waals surface area contributed by atoms with Gasteiger partial charge in [-0.05, 0) is 82.4 Å². The lowest BCUT2D eigenvalue weighted by Crippen LogP contribution is -2.29. The zero-order valence-electron chi connectivity index (χ0n) is 20.2. The van der Waals surface area contributed by atoms with E-state index in [0.717, 1.165) is 73.2 Å². The summed E-state index contributed by atoms with van der Waals surface area (Å²) < 4.78 is 6.07. The number of pyridine rings is 1. The molecule has 0 unspecified atom stereocenters. The topological polar surface area (TPSA) is 84.5 Å². The fraction of sp³-hybridized carbons (Fsp3) is 0.429. The monoisotopic (exact) mass is 488 g/mol. The van der Waals surface area contributed by atoms with Crippen LogP contribution in [0.5, 0.6) is 5.75 Å². The van der Waals surface area contributed by atoms with Crippen LogP contribution in [0.3, 0.4) is 0 Å². The normalized spacial score (nSPS) is 18.2. The van der Waals surface area contributed by atoms with Crippen LogP contribution in [0, 0.1) is 11.8 Å². The van der Waals surface area contributed by atoms with Crippen molar-refractivity contribution >= 4 is 17.2 Å². The molecule has 3 N–H and O–H groups in total. The minimum Gasteiger partial charge on any atom is -0.485 e. The van der Waals surface area contributed by atoms with Gasteiger partial charge in [0.1, 0.15) is 12.2 Å². The Morgan fingerprint density at radius 2 is 1.97 bits per heavy atom. The van der Waals surface area contributed by atoms with E-state index in [0.29, 0.717) is 24.1 Å². The maximum Gasteiger partial charge on any atom is 0.166 e. The molecule has 5 rings (SSSR count). The van der Waals surface area contributed by atoms with Crippen molar-refractivity contribution in [1.82, 2.24) is 14.9 Å². The number of anilines is 1. The van der Waals surface area contributed by atoms with Gasteiger partial charge >= 0.3 is 0 Å². The maximum absolute atomic E-state index is 10.5. The van der Waals surface area contributed by atoms with Gasteiger partial charge in [0.25, 0.3) is 0 Å². The Balaban J connectivity index is 1.26. The Kier molecular flexibility index (Phi) is 7.05. The number of rotatable bonds is 5. The van der Waals surface area contributed by atoms with E-state index in [2.05, 4.69) is 28.8 Å². The molecule has 0 spiro atoms. The Bertz CT molecular complexity index is 1230. The molecule has 2 fully saturated rings. The van der Waals surface area contributed by atoms with Gasteiger partial charge in [-0.1, -0.05) is 24.0 Å². The minimum absolute atomic E-state index is 0.360. The largest absolute Gasteiger partial charge is 0.485 e. The molecule has 1 aliphatic carbocycles. The van der Waals surface area contributed by atoms with Crippen molar-refractivity contribution in [3.8, 4) is 28.0 Å². The molecule has 7 heteroatoms. The molecule has 0 radical (unpaired) electrons. The quantitative estimate of drug-likeness (QED) is 0.501. The number of aliphatic hydroxyl groups is 1. The fourth-order valence-corrected chi connectivity index (χ4v) is 5.81. The summed E-state index contributed by atoms with van der Waals surface area (Å²) in [6.07, 6.45) is 9.62. The first-order valence-corrected chi connectivity index (χ1v) is 13.2. The van der Waals surface area contributed by atoms with Gasteiger partial charge in [-0.3, -0.25) is 0 Å². The summed E-state index contributed by atoms with van der Waals surface area (Å²) in [4.78, 5) is 12.5. The summed E-state index contributed by atoms with van der Waals surface area (Å²) in [7, 11) is 2.18. The van der Waals surface area contributed by atoms with E-state index in [1.807, 2.05) is 36.5 Å². The molecule has 182 valence electrons. The third-order valence-electron chi connectivity index (χ3n) is 6.95. The van der Waals surface area contributed by atoms with Gasteiger partial charge in [-0.15, -0.1) is 11.3 Å². The summed E-state index contributed by atoms with van der Waals surface area (Å²) >= 11 is 1.74. The van der Waals surface area contributed by atoms with Gasteiger partial charge in [0.2, 0.25) is 0 Å². The molecule has 2 aliphatic rings. The highest BCUT2D eigenvalue weighted by molar-refractivity contribution is 7.15. The summed E-state index contributed by atoms with van der Waals surface area (Å²) in [5, 5.41) is 11.7. The van der Waals surface area contributed by atoms with E-state index >= 15 is 0 Å². The predicted molar refractivity (Wildman–Crippen MR) is 140 cm³/mol. The number of likely N-dealkylation sites (tertiary alicyclic amines) is 1. The molecular formula is C28H32N4O2S. The van der Waals surface area contributed by atoms with Crippen molar-refractivity contribution in [1.29, 1.82) is 0 Å². The lowest BCUT2D eigenvalue weighted by Gasteiger charge is -2.27. The predicted octanol–water partition coefficient (Wildman–Crippen LogP) is 4.83. The highest BCUT2D eigenvalue weighted by atomic mass is 32.1. The third kappa shape index (κ3) is 5.84. The van der Waals surface area contributed by atoms with E-state index in [1.165, 1.54) is 5.01 Å². The highest BCUT2D eigenvalue weighted by Gasteiger charge is 2.28. The van der Waals surface area contributed by atoms with Gasteiger partial charge in [0.15, 0.2) is 11.6 Å². The third-order valence-corrected chi connectivity index (χ3v) is 8.16. The summed E-state index contributed by atoms with van der Waals surface area (Å²) in [5.74, 6) is 7.67. The van der Waals surface area contributed by atoms with E-state index in [-0.39, 0.29) is 0 Å². The number of nitrogen functional groups attached to an aromatic ring is 1. The molecule has 3 aromatic rings. The summed E-state index contributed by atoms with van der Waals surface area (Å²) in [5.41, 5.74) is 8.12. The maximum atomic E-state index is 10.5. The molecule has 1 aromatic carbocycles. The van der Waals surface area contributed by atoms with Crippen molar-refractivity contribution in [2.24, 2.45) is 0 Å². The van der Waals surface area contributed by atoms with E-state index in [1.54, 1.807) is 17.5 Å². The van der Waals surface area contributed by atoms with Crippen molar-refractivity contribution < 1.29 is 9.84 Å². The van der Waals surface area contributed by atoms with E-state index in [9.17, 15) is 5.11 Å². The second-order valence-corrected chi connectivity index (χ2v) is 10.8. The zero-order valence-corrected chi connectivity index (χ0v) is 21.0. The van der Waals surface area contributed by atoms with Crippen LogP contribution in [0.25, 0.3) is 10.4 Å². The minimum atomic E-state index is -0.836. The molecule has 0 amide bonds. The van der Waals surface area contributed by atoms with Gasteiger partial charge in [-0.2, -0.15) is 0 Å². The number of nitrogens with two attached hydrogens (primary N) is 1. The molecule has 2 aromatic heterocycles. The highest BCUT2D eigenvalue weighted by Crippen LogP contribution is 2.36. The molecule has 1 saturated heterocycles. The van der Waals surface area contributed by atoms with E-state index in [4.69, 9.17) is 15.5 Å². The molecule has 0 bridgehead atoms. The first kappa shape index (κ1) is 23.8. The zero-order chi connectivity index (χ0) is 24.3. The second kappa shape index (κ2) is 10.4. The standard InChI is InChI=1S/C28H32N4O2S/c1-32-13-8-22(9-14-32)27-31-18-25(35-27)23-16-24(26(29)30-17-23)34-19-21-6-4-5-20(15-21)7-12-28(33)10-2-3-11-28/h4-6,15-18,22,33H,2-3,8-11,13-14,19H2,1H3,(H2,29,30). The lowest BCUT2D eigenvalue weighted by atomic mass is 9.98. The Morgan fingerprint density at radius 1 is 1.17 bits per heavy atom. The van der Waals surface area contributed by atoms with Crippen LogP contribution in [-0.2, 0) is 6.61 Å². The first-order chi connectivity index (χ1) is 17.0. The molecule has 6 nitrogen and oxygen atoms in total. The van der Waals surface area contributed by atoms with Gasteiger partial charge in [0, 0.05) is 29.4 Å². The number of ether oxygens (including phenoxy) is 1. The number of hydrogen-bond acceptors (Lipinski definition) is 7. The molecule has 3 heterocycles. The molecular weight excluding hydrogens is 456 g/mol. The van der Waals surface area contributed by atoms with Crippen molar-refractivity contribution in [3.63, 3.8) is 0 Å². The summed E-state index contributed by atoms with van der Waals surface area (Å²) in [6, 6.07) is 9.86. The molecule has 0 atom stereocenters. The number of aromatic nitrogens is 2. The Labute approximate surface area is 211 Å². The van der Waals surface area contributed by atoms with Gasteiger partial charge in [0.05, 0.1) is 9.88 Å². The van der Waals surface area contributed by atoms with Crippen LogP contribution in [0.2, 0.25) is 0 Å². The van der Waals surface area contributed by atoms with Crippen LogP contribution >= 0.6 is 11.3 Å². The Hall–Kier alpha value is -2.92. The van der Waals surface area contributed by atoms with Crippen molar-refractivity contribution in [2.75, 3.05) is 25.9 Å². The number of hydrogen-bond donors (Lipinski definition) is 2. The second-order valence-electron chi connectivity index (χ2n) is 9.73. The molecule has 35 heavy (non-hydrogen) atoms. The van der Waals surface area contributed by atoms with Gasteiger partial charge in [-0.25, -0.2) is 9.97 Å². The lowest BCUT2D eigenvalue weighted by molar-refractivity contribution is 0.110. The number of thiazole rings is 1. The summed E-state index contributed by atoms with van der Waals surface area (Å²) in [6.45, 7) is 2.60. The van der Waals surface area contributed by atoms with Crippen molar-refractivity contribution in [2.45, 2.75) is 56.7 Å². The number of nitrogens with zero attached hydrogens (tertiary/aromatic N) is 3. The van der Waals surface area contributed by atoms with Crippen LogP contribution in [0.15, 0.2) is 42.7 Å². The number of benzene rings is 1. The van der Waals surface area contributed by atoms with Crippen LogP contribution < -0.4 is 10.5 Å². The first-order valence-electron chi connectivity index (χ1n) is 12.3. The van der Waals surface area contributed by atoms with Crippen LogP contribution in [0.1, 0.15) is 60.6 Å². The molecule has 1 aliphatic heterocycles. The van der Waals surface area contributed by atoms with Crippen LogP contribution in [-0.4, -0.2) is 45.7 Å². The number of piperidine rings is 1. The average molecular weight is 489 g/mol. The SMILES string of the molecule is CN1CCC(c2ncc(-c3cnc(N)c(OCc4cccc(C#CC5(O)CCCC5)c4)c3)s2)CC1. The fourth-order valence-electron chi connectivity index (χ4n) is 4.74. The van der Waals surface area contributed by atoms with E-state index < -0.39 is 5.60 Å². The average Bonchev–Trinajstić information content (AvgIpc) is 3.53. The van der Waals surface area contributed by atoms with Crippen molar-refractivity contribution in [3.05, 3.63) is 58.9 Å². The molecule has 1 saturated carbocycles.